The molecule has 10 heteroatoms. The van der Waals surface area contributed by atoms with E-state index in [1.54, 1.807) is 37.4 Å². The van der Waals surface area contributed by atoms with Crippen LogP contribution in [0.4, 0.5) is 0 Å². The van der Waals surface area contributed by atoms with Gasteiger partial charge in [0.05, 0.1) is 24.4 Å². The average Bonchev–Trinajstić information content (AvgIpc) is 2.79. The molecule has 0 N–H and O–H groups in total. The number of esters is 1. The zero-order valence-electron chi connectivity index (χ0n) is 16.4. The van der Waals surface area contributed by atoms with E-state index in [-0.39, 0.29) is 36.8 Å². The molecular weight excluding hydrogens is 372 g/mol. The van der Waals surface area contributed by atoms with Crippen LogP contribution in [-0.4, -0.2) is 72.1 Å². The largest absolute Gasteiger partial charge is 0.466 e. The van der Waals surface area contributed by atoms with Crippen molar-refractivity contribution in [1.82, 2.24) is 19.0 Å². The lowest BCUT2D eigenvalue weighted by Crippen LogP contribution is -2.37. The highest BCUT2D eigenvalue weighted by molar-refractivity contribution is 7.89. The van der Waals surface area contributed by atoms with Crippen molar-refractivity contribution in [3.63, 3.8) is 0 Å². The SMILES string of the molecule is CCOC(=O)CCC(=O)N1CCCN(S(=O)(=O)c2c(C)nn(C)c2C)CC1. The number of hydrogen-bond donors (Lipinski definition) is 0. The fourth-order valence-corrected chi connectivity index (χ4v) is 5.11. The molecule has 0 bridgehead atoms. The summed E-state index contributed by atoms with van der Waals surface area (Å²) >= 11 is 0. The minimum Gasteiger partial charge on any atom is -0.466 e. The zero-order valence-corrected chi connectivity index (χ0v) is 17.2. The van der Waals surface area contributed by atoms with Crippen LogP contribution in [-0.2, 0) is 31.4 Å². The monoisotopic (exact) mass is 400 g/mol. The summed E-state index contributed by atoms with van der Waals surface area (Å²) in [6.45, 7) is 6.77. The normalized spacial score (nSPS) is 16.2. The summed E-state index contributed by atoms with van der Waals surface area (Å²) in [4.78, 5) is 25.6. The van der Waals surface area contributed by atoms with Crippen molar-refractivity contribution < 1.29 is 22.7 Å². The van der Waals surface area contributed by atoms with Crippen molar-refractivity contribution in [1.29, 1.82) is 0 Å². The number of aromatic nitrogens is 2. The van der Waals surface area contributed by atoms with E-state index >= 15 is 0 Å². The Morgan fingerprint density at radius 2 is 1.81 bits per heavy atom. The summed E-state index contributed by atoms with van der Waals surface area (Å²) in [6.07, 6.45) is 0.661. The van der Waals surface area contributed by atoms with Gasteiger partial charge in [0.25, 0.3) is 0 Å². The Morgan fingerprint density at radius 3 is 2.41 bits per heavy atom. The highest BCUT2D eigenvalue weighted by Crippen LogP contribution is 2.24. The van der Waals surface area contributed by atoms with Gasteiger partial charge in [-0.3, -0.25) is 14.3 Å². The van der Waals surface area contributed by atoms with Gasteiger partial charge in [0, 0.05) is 39.6 Å². The van der Waals surface area contributed by atoms with Crippen molar-refractivity contribution in [2.75, 3.05) is 32.8 Å². The molecule has 1 amide bonds. The van der Waals surface area contributed by atoms with E-state index in [1.807, 2.05) is 0 Å². The van der Waals surface area contributed by atoms with Gasteiger partial charge in [-0.15, -0.1) is 0 Å². The molecule has 0 spiro atoms. The van der Waals surface area contributed by atoms with Gasteiger partial charge in [-0.25, -0.2) is 8.42 Å². The molecule has 152 valence electrons. The van der Waals surface area contributed by atoms with Crippen LogP contribution in [0.2, 0.25) is 0 Å². The molecule has 0 atom stereocenters. The van der Waals surface area contributed by atoms with Gasteiger partial charge in [-0.2, -0.15) is 9.40 Å². The van der Waals surface area contributed by atoms with Crippen molar-refractivity contribution in [2.45, 2.75) is 44.9 Å². The Bertz CT molecular complexity index is 802. The molecule has 0 saturated carbocycles. The molecule has 0 aromatic carbocycles. The van der Waals surface area contributed by atoms with E-state index in [0.29, 0.717) is 37.4 Å². The molecule has 0 unspecified atom stereocenters. The van der Waals surface area contributed by atoms with Gasteiger partial charge in [-0.05, 0) is 27.2 Å². The number of hydrogen-bond acceptors (Lipinski definition) is 6. The number of carbonyl (C=O) groups excluding carboxylic acids is 2. The fraction of sp³-hybridized carbons (Fsp3) is 0.706. The maximum absolute atomic E-state index is 13.1. The van der Waals surface area contributed by atoms with Crippen molar-refractivity contribution in [2.24, 2.45) is 7.05 Å². The second-order valence-electron chi connectivity index (χ2n) is 6.57. The molecular formula is C17H28N4O5S. The number of sulfonamides is 1. The van der Waals surface area contributed by atoms with Crippen molar-refractivity contribution in [3.05, 3.63) is 11.4 Å². The molecule has 2 rings (SSSR count). The number of nitrogens with zero attached hydrogens (tertiary/aromatic N) is 4. The predicted octanol–water partition coefficient (Wildman–Crippen LogP) is 0.603. The molecule has 27 heavy (non-hydrogen) atoms. The quantitative estimate of drug-likeness (QED) is 0.648. The predicted molar refractivity (Wildman–Crippen MR) is 98.5 cm³/mol. The van der Waals surface area contributed by atoms with Crippen molar-refractivity contribution in [3.8, 4) is 0 Å². The van der Waals surface area contributed by atoms with Crippen molar-refractivity contribution >= 4 is 21.9 Å². The van der Waals surface area contributed by atoms with Crippen LogP contribution in [0.5, 0.6) is 0 Å². The van der Waals surface area contributed by atoms with Crippen LogP contribution in [0.25, 0.3) is 0 Å². The summed E-state index contributed by atoms with van der Waals surface area (Å²) < 4.78 is 33.9. The fourth-order valence-electron chi connectivity index (χ4n) is 3.24. The third-order valence-corrected chi connectivity index (χ3v) is 6.85. The number of ether oxygens (including phenoxy) is 1. The summed E-state index contributed by atoms with van der Waals surface area (Å²) in [6, 6.07) is 0. The standard InChI is InChI=1S/C17H28N4O5S/c1-5-26-16(23)8-7-15(22)20-9-6-10-21(12-11-20)27(24,25)17-13(2)18-19(4)14(17)3/h5-12H2,1-4H3. The molecule has 9 nitrogen and oxygen atoms in total. The molecule has 1 aromatic heterocycles. The third-order valence-electron chi connectivity index (χ3n) is 4.70. The van der Waals surface area contributed by atoms with Crippen LogP contribution < -0.4 is 0 Å². The maximum atomic E-state index is 13.1. The maximum Gasteiger partial charge on any atom is 0.306 e. The Hall–Kier alpha value is -1.94. The summed E-state index contributed by atoms with van der Waals surface area (Å²) in [5.41, 5.74) is 1.07. The van der Waals surface area contributed by atoms with E-state index in [9.17, 15) is 18.0 Å². The first kappa shape index (κ1) is 21.4. The lowest BCUT2D eigenvalue weighted by Gasteiger charge is -2.22. The van der Waals surface area contributed by atoms with E-state index in [1.165, 1.54) is 4.31 Å². The first-order valence-electron chi connectivity index (χ1n) is 9.12. The van der Waals surface area contributed by atoms with Crippen LogP contribution in [0.1, 0.15) is 37.6 Å². The second kappa shape index (κ2) is 8.83. The second-order valence-corrected chi connectivity index (χ2v) is 8.44. The van der Waals surface area contributed by atoms with E-state index in [4.69, 9.17) is 4.74 Å². The van der Waals surface area contributed by atoms with Gasteiger partial charge >= 0.3 is 5.97 Å². The van der Waals surface area contributed by atoms with E-state index in [2.05, 4.69) is 5.10 Å². The molecule has 1 aliphatic rings. The minimum atomic E-state index is -3.67. The molecule has 1 aromatic rings. The Labute approximate surface area is 160 Å². The first-order chi connectivity index (χ1) is 12.7. The third kappa shape index (κ3) is 4.86. The number of rotatable bonds is 6. The highest BCUT2D eigenvalue weighted by atomic mass is 32.2. The Kier molecular flexibility index (Phi) is 6.99. The number of aryl methyl sites for hydroxylation is 2. The average molecular weight is 401 g/mol. The molecule has 2 heterocycles. The van der Waals surface area contributed by atoms with E-state index < -0.39 is 16.0 Å². The minimum absolute atomic E-state index is 0.0409. The summed E-state index contributed by atoms with van der Waals surface area (Å²) in [5.74, 6) is -0.552. The Balaban J connectivity index is 2.03. The van der Waals surface area contributed by atoms with Crippen LogP contribution >= 0.6 is 0 Å². The summed E-state index contributed by atoms with van der Waals surface area (Å²) in [5, 5.41) is 4.20. The molecule has 0 aliphatic carbocycles. The lowest BCUT2D eigenvalue weighted by molar-refractivity contribution is -0.145. The topological polar surface area (TPSA) is 102 Å². The first-order valence-corrected chi connectivity index (χ1v) is 10.6. The van der Waals surface area contributed by atoms with Crippen LogP contribution in [0.15, 0.2) is 4.90 Å². The number of carbonyl (C=O) groups is 2. The van der Waals surface area contributed by atoms with Gasteiger partial charge < -0.3 is 9.64 Å². The van der Waals surface area contributed by atoms with Gasteiger partial charge in [-0.1, -0.05) is 0 Å². The van der Waals surface area contributed by atoms with Gasteiger partial charge in [0.1, 0.15) is 4.90 Å². The molecule has 0 radical (unpaired) electrons. The lowest BCUT2D eigenvalue weighted by atomic mass is 10.2. The smallest absolute Gasteiger partial charge is 0.306 e. The van der Waals surface area contributed by atoms with Crippen LogP contribution in [0.3, 0.4) is 0 Å². The summed E-state index contributed by atoms with van der Waals surface area (Å²) in [7, 11) is -1.95. The molecule has 1 saturated heterocycles. The zero-order chi connectivity index (χ0) is 20.2. The molecule has 1 aliphatic heterocycles. The molecule has 1 fully saturated rings. The van der Waals surface area contributed by atoms with Crippen LogP contribution in [0, 0.1) is 13.8 Å². The van der Waals surface area contributed by atoms with Gasteiger partial charge in [0.2, 0.25) is 15.9 Å². The van der Waals surface area contributed by atoms with E-state index in [0.717, 1.165) is 0 Å². The highest BCUT2D eigenvalue weighted by Gasteiger charge is 2.32. The number of amides is 1. The Morgan fingerprint density at radius 1 is 1.11 bits per heavy atom. The van der Waals surface area contributed by atoms with Gasteiger partial charge in [0.15, 0.2) is 0 Å².